The lowest BCUT2D eigenvalue weighted by molar-refractivity contribution is -0.147. The molecule has 1 amide bonds. The molecule has 24 heavy (non-hydrogen) atoms. The maximum absolute atomic E-state index is 13.0. The summed E-state index contributed by atoms with van der Waals surface area (Å²) in [6.45, 7) is 13.2. The third kappa shape index (κ3) is 6.01. The Morgan fingerprint density at radius 1 is 1.12 bits per heavy atom. The van der Waals surface area contributed by atoms with Crippen LogP contribution in [-0.2, 0) is 14.9 Å². The highest BCUT2D eigenvalue weighted by atomic mass is 32.2. The molecule has 2 atom stereocenters. The van der Waals surface area contributed by atoms with E-state index in [0.717, 1.165) is 6.42 Å². The van der Waals surface area contributed by atoms with Crippen LogP contribution in [0.25, 0.3) is 0 Å². The van der Waals surface area contributed by atoms with Gasteiger partial charge >= 0.3 is 0 Å². The summed E-state index contributed by atoms with van der Waals surface area (Å²) in [5.41, 5.74) is -1.66. The predicted octanol–water partition coefficient (Wildman–Crippen LogP) is 2.62. The van der Waals surface area contributed by atoms with E-state index in [4.69, 9.17) is 4.55 Å². The van der Waals surface area contributed by atoms with Gasteiger partial charge in [0.05, 0.1) is 17.8 Å². The van der Waals surface area contributed by atoms with Crippen molar-refractivity contribution < 1.29 is 22.9 Å². The highest BCUT2D eigenvalue weighted by Crippen LogP contribution is 2.49. The van der Waals surface area contributed by atoms with Crippen LogP contribution in [0.3, 0.4) is 0 Å². The Kier molecular flexibility index (Phi) is 7.92. The molecule has 2 unspecified atom stereocenters. The van der Waals surface area contributed by atoms with Crippen LogP contribution in [0.2, 0.25) is 0 Å². The summed E-state index contributed by atoms with van der Waals surface area (Å²) in [6, 6.07) is -0.740. The smallest absolute Gasteiger partial charge is 0.266 e. The zero-order valence-corrected chi connectivity index (χ0v) is 17.0. The fourth-order valence-electron chi connectivity index (χ4n) is 2.97. The summed E-state index contributed by atoms with van der Waals surface area (Å²) in [7, 11) is -4.18. The fraction of sp³-hybridized carbons (Fsp3) is 0.941. The predicted molar refractivity (Wildman–Crippen MR) is 96.3 cm³/mol. The standard InChI is InChI=1S/C17H35NO5S/c1-8-15(4,5)11-17(12-19,16(6,7)9-2)14(20)18-13(3)10-24(21,22)23/h13,19H,8-12H2,1-7H3,(H,18,20)(H,21,22,23). The average Bonchev–Trinajstić information content (AvgIpc) is 2.42. The van der Waals surface area contributed by atoms with Gasteiger partial charge in [0, 0.05) is 6.04 Å². The van der Waals surface area contributed by atoms with E-state index in [2.05, 4.69) is 19.2 Å². The maximum Gasteiger partial charge on any atom is 0.266 e. The van der Waals surface area contributed by atoms with Gasteiger partial charge in [0.1, 0.15) is 0 Å². The molecule has 0 bridgehead atoms. The number of carbonyl (C=O) groups is 1. The monoisotopic (exact) mass is 365 g/mol. The number of aliphatic hydroxyl groups excluding tert-OH is 1. The first-order valence-corrected chi connectivity index (χ1v) is 10.1. The number of amides is 1. The van der Waals surface area contributed by atoms with Crippen LogP contribution in [0.4, 0.5) is 0 Å². The Morgan fingerprint density at radius 2 is 1.62 bits per heavy atom. The van der Waals surface area contributed by atoms with Crippen molar-refractivity contribution in [3.63, 3.8) is 0 Å². The van der Waals surface area contributed by atoms with Gasteiger partial charge in [-0.05, 0) is 30.6 Å². The third-order valence-electron chi connectivity index (χ3n) is 5.46. The van der Waals surface area contributed by atoms with Gasteiger partial charge in [0.2, 0.25) is 5.91 Å². The number of hydrogen-bond donors (Lipinski definition) is 3. The van der Waals surface area contributed by atoms with E-state index in [1.807, 2.05) is 27.7 Å². The normalized spacial score (nSPS) is 17.2. The summed E-state index contributed by atoms with van der Waals surface area (Å²) < 4.78 is 31.0. The zero-order chi connectivity index (χ0) is 19.4. The van der Waals surface area contributed by atoms with Crippen LogP contribution in [0.1, 0.15) is 67.7 Å². The number of nitrogens with one attached hydrogen (secondary N) is 1. The van der Waals surface area contributed by atoms with E-state index in [0.29, 0.717) is 12.8 Å². The van der Waals surface area contributed by atoms with Gasteiger partial charge in [0.25, 0.3) is 10.1 Å². The summed E-state index contributed by atoms with van der Waals surface area (Å²) in [6.07, 6.45) is 2.02. The van der Waals surface area contributed by atoms with Crippen LogP contribution in [0.15, 0.2) is 0 Å². The first kappa shape index (κ1) is 23.3. The van der Waals surface area contributed by atoms with Crippen molar-refractivity contribution in [2.75, 3.05) is 12.4 Å². The lowest BCUT2D eigenvalue weighted by atomic mass is 9.57. The zero-order valence-electron chi connectivity index (χ0n) is 16.1. The first-order valence-electron chi connectivity index (χ1n) is 8.53. The Hall–Kier alpha value is -0.660. The van der Waals surface area contributed by atoms with E-state index < -0.39 is 32.7 Å². The van der Waals surface area contributed by atoms with E-state index >= 15 is 0 Å². The van der Waals surface area contributed by atoms with Gasteiger partial charge in [-0.1, -0.05) is 48.0 Å². The molecule has 6 nitrogen and oxygen atoms in total. The largest absolute Gasteiger partial charge is 0.395 e. The fourth-order valence-corrected chi connectivity index (χ4v) is 3.68. The molecule has 0 radical (unpaired) electrons. The molecule has 3 N–H and O–H groups in total. The molecule has 7 heteroatoms. The number of rotatable bonds is 10. The molecule has 0 aromatic carbocycles. The minimum absolute atomic E-state index is 0.154. The first-order chi connectivity index (χ1) is 10.7. The van der Waals surface area contributed by atoms with Crippen molar-refractivity contribution in [3.05, 3.63) is 0 Å². The topological polar surface area (TPSA) is 104 Å². The lowest BCUT2D eigenvalue weighted by Crippen LogP contribution is -2.56. The molecule has 0 aromatic heterocycles. The van der Waals surface area contributed by atoms with Crippen LogP contribution in [-0.4, -0.2) is 42.4 Å². The number of hydrogen-bond acceptors (Lipinski definition) is 4. The second-order valence-corrected chi connectivity index (χ2v) is 9.79. The molecule has 0 aliphatic rings. The molecule has 0 spiro atoms. The van der Waals surface area contributed by atoms with Crippen LogP contribution < -0.4 is 5.32 Å². The molecule has 0 fully saturated rings. The molecule has 0 rings (SSSR count). The SMILES string of the molecule is CCC(C)(C)CC(CO)(C(=O)NC(C)CS(=O)(=O)O)C(C)(C)CC. The van der Waals surface area contributed by atoms with E-state index in [1.54, 1.807) is 0 Å². The van der Waals surface area contributed by atoms with Crippen molar-refractivity contribution in [2.45, 2.75) is 73.8 Å². The molecular formula is C17H35NO5S. The minimum Gasteiger partial charge on any atom is -0.395 e. The number of aliphatic hydroxyl groups is 1. The summed E-state index contributed by atoms with van der Waals surface area (Å²) >= 11 is 0. The van der Waals surface area contributed by atoms with Crippen LogP contribution in [0, 0.1) is 16.2 Å². The minimum atomic E-state index is -4.18. The van der Waals surface area contributed by atoms with Gasteiger partial charge in [-0.2, -0.15) is 8.42 Å². The highest BCUT2D eigenvalue weighted by Gasteiger charge is 2.52. The average molecular weight is 366 g/mol. The second-order valence-electron chi connectivity index (χ2n) is 8.30. The van der Waals surface area contributed by atoms with Gasteiger partial charge < -0.3 is 10.4 Å². The highest BCUT2D eigenvalue weighted by molar-refractivity contribution is 7.85. The third-order valence-corrected chi connectivity index (χ3v) is 6.38. The molecule has 0 aliphatic heterocycles. The second kappa shape index (κ2) is 8.15. The van der Waals surface area contributed by atoms with Crippen molar-refractivity contribution >= 4 is 16.0 Å². The Bertz CT molecular complexity index is 527. The molecule has 144 valence electrons. The van der Waals surface area contributed by atoms with Crippen LogP contribution in [0.5, 0.6) is 0 Å². The molecule has 0 heterocycles. The van der Waals surface area contributed by atoms with E-state index in [-0.39, 0.29) is 17.9 Å². The molecule has 0 saturated carbocycles. The molecule has 0 aliphatic carbocycles. The van der Waals surface area contributed by atoms with E-state index in [9.17, 15) is 18.3 Å². The molecule has 0 aromatic rings. The van der Waals surface area contributed by atoms with E-state index in [1.165, 1.54) is 6.92 Å². The summed E-state index contributed by atoms with van der Waals surface area (Å²) in [4.78, 5) is 13.0. The maximum atomic E-state index is 13.0. The quantitative estimate of drug-likeness (QED) is 0.516. The van der Waals surface area contributed by atoms with Gasteiger partial charge in [-0.15, -0.1) is 0 Å². The van der Waals surface area contributed by atoms with Crippen molar-refractivity contribution in [1.29, 1.82) is 0 Å². The molecule has 0 saturated heterocycles. The van der Waals surface area contributed by atoms with Crippen molar-refractivity contribution in [1.82, 2.24) is 5.32 Å². The summed E-state index contributed by atoms with van der Waals surface area (Å²) in [5, 5.41) is 12.9. The Morgan fingerprint density at radius 3 is 1.96 bits per heavy atom. The van der Waals surface area contributed by atoms with Crippen molar-refractivity contribution in [2.24, 2.45) is 16.2 Å². The van der Waals surface area contributed by atoms with Gasteiger partial charge in [-0.3, -0.25) is 9.35 Å². The molecular weight excluding hydrogens is 330 g/mol. The lowest BCUT2D eigenvalue weighted by Gasteiger charge is -2.48. The summed E-state index contributed by atoms with van der Waals surface area (Å²) in [5.74, 6) is -0.918. The van der Waals surface area contributed by atoms with Crippen LogP contribution >= 0.6 is 0 Å². The van der Waals surface area contributed by atoms with Gasteiger partial charge in [0.15, 0.2) is 0 Å². The Labute approximate surface area is 147 Å². The Balaban J connectivity index is 5.73. The number of carbonyl (C=O) groups excluding carboxylic acids is 1. The van der Waals surface area contributed by atoms with Crippen molar-refractivity contribution in [3.8, 4) is 0 Å². The van der Waals surface area contributed by atoms with Gasteiger partial charge in [-0.25, -0.2) is 0 Å².